The van der Waals surface area contributed by atoms with Gasteiger partial charge in [-0.3, -0.25) is 4.79 Å². The minimum atomic E-state index is 0.000985. The molecule has 1 N–H and O–H groups in total. The quantitative estimate of drug-likeness (QED) is 0.658. The highest BCUT2D eigenvalue weighted by atomic mass is 79.9. The van der Waals surface area contributed by atoms with E-state index in [-0.39, 0.29) is 5.91 Å². The zero-order valence-electron chi connectivity index (χ0n) is 15.2. The minimum Gasteiger partial charge on any atom is -0.324 e. The molecule has 0 unspecified atom stereocenters. The first-order chi connectivity index (χ1) is 13.0. The summed E-state index contributed by atoms with van der Waals surface area (Å²) in [6.07, 6.45) is 0.870. The number of rotatable bonds is 3. The summed E-state index contributed by atoms with van der Waals surface area (Å²) in [5.41, 5.74) is 5.41. The fourth-order valence-electron chi connectivity index (χ4n) is 3.38. The summed E-state index contributed by atoms with van der Waals surface area (Å²) in [5, 5.41) is 3.20. The van der Waals surface area contributed by atoms with Crippen LogP contribution in [0.4, 0.5) is 17.3 Å². The molecule has 5 nitrogen and oxygen atoms in total. The topological polar surface area (TPSA) is 58.1 Å². The Morgan fingerprint density at radius 3 is 2.63 bits per heavy atom. The molecule has 4 rings (SSSR count). The lowest BCUT2D eigenvalue weighted by atomic mass is 10.1. The van der Waals surface area contributed by atoms with E-state index in [9.17, 15) is 4.79 Å². The molecule has 0 saturated heterocycles. The molecule has 1 amide bonds. The number of aryl methyl sites for hydroxylation is 2. The number of benzene rings is 2. The lowest BCUT2D eigenvalue weighted by Gasteiger charge is -2.18. The predicted molar refractivity (Wildman–Crippen MR) is 111 cm³/mol. The highest BCUT2D eigenvalue weighted by Gasteiger charge is 2.25. The summed E-state index contributed by atoms with van der Waals surface area (Å²) in [7, 11) is 0. The molecule has 3 aromatic rings. The van der Waals surface area contributed by atoms with Crippen LogP contribution < -0.4 is 10.2 Å². The number of nitrogens with zero attached hydrogens (tertiary/aromatic N) is 3. The van der Waals surface area contributed by atoms with Crippen LogP contribution in [0.1, 0.15) is 27.3 Å². The third kappa shape index (κ3) is 3.71. The van der Waals surface area contributed by atoms with Gasteiger partial charge >= 0.3 is 0 Å². The maximum absolute atomic E-state index is 13.1. The van der Waals surface area contributed by atoms with E-state index in [0.29, 0.717) is 18.1 Å². The number of aromatic nitrogens is 2. The zero-order valence-corrected chi connectivity index (χ0v) is 16.7. The van der Waals surface area contributed by atoms with Crippen LogP contribution in [0.15, 0.2) is 53.0 Å². The Morgan fingerprint density at radius 1 is 1.07 bits per heavy atom. The second kappa shape index (κ2) is 7.12. The van der Waals surface area contributed by atoms with Gasteiger partial charge in [0.15, 0.2) is 0 Å². The van der Waals surface area contributed by atoms with Crippen molar-refractivity contribution in [3.63, 3.8) is 0 Å². The highest BCUT2D eigenvalue weighted by molar-refractivity contribution is 9.10. The van der Waals surface area contributed by atoms with Crippen molar-refractivity contribution in [2.45, 2.75) is 20.3 Å². The number of fused-ring (bicyclic) bond motifs is 1. The van der Waals surface area contributed by atoms with Crippen LogP contribution >= 0.6 is 15.9 Å². The number of carbonyl (C=O) groups excluding carboxylic acids is 1. The van der Waals surface area contributed by atoms with Gasteiger partial charge in [-0.15, -0.1) is 0 Å². The molecule has 0 saturated carbocycles. The molecular weight excluding hydrogens is 404 g/mol. The summed E-state index contributed by atoms with van der Waals surface area (Å²) in [5.74, 6) is 0.537. The largest absolute Gasteiger partial charge is 0.324 e. The van der Waals surface area contributed by atoms with Crippen molar-refractivity contribution < 1.29 is 4.79 Å². The van der Waals surface area contributed by atoms with Crippen molar-refractivity contribution in [3.05, 3.63) is 75.5 Å². The van der Waals surface area contributed by atoms with Gasteiger partial charge in [-0.1, -0.05) is 22.0 Å². The van der Waals surface area contributed by atoms with Gasteiger partial charge < -0.3 is 10.2 Å². The maximum Gasteiger partial charge on any atom is 0.258 e. The molecule has 0 atom stereocenters. The SMILES string of the molecule is Cc1cc(C)nc(Nc2cccc(C(=O)N3CCc4cc(Br)ccc43)c2)n1. The summed E-state index contributed by atoms with van der Waals surface area (Å²) in [6, 6.07) is 15.4. The van der Waals surface area contributed by atoms with E-state index >= 15 is 0 Å². The monoisotopic (exact) mass is 422 g/mol. The number of hydrogen-bond donors (Lipinski definition) is 1. The molecule has 2 aromatic carbocycles. The third-order valence-electron chi connectivity index (χ3n) is 4.53. The number of halogens is 1. The van der Waals surface area contributed by atoms with Gasteiger partial charge in [0.25, 0.3) is 5.91 Å². The minimum absolute atomic E-state index is 0.000985. The first-order valence-corrected chi connectivity index (χ1v) is 9.58. The molecule has 0 aliphatic carbocycles. The number of amides is 1. The summed E-state index contributed by atoms with van der Waals surface area (Å²) < 4.78 is 1.04. The van der Waals surface area contributed by atoms with Gasteiger partial charge in [0.1, 0.15) is 0 Å². The fraction of sp³-hybridized carbons (Fsp3) is 0.190. The van der Waals surface area contributed by atoms with Crippen LogP contribution in [0.25, 0.3) is 0 Å². The predicted octanol–water partition coefficient (Wildman–Crippen LogP) is 4.80. The highest BCUT2D eigenvalue weighted by Crippen LogP contribution is 2.32. The van der Waals surface area contributed by atoms with Gasteiger partial charge in [0, 0.05) is 39.3 Å². The second-order valence-corrected chi connectivity index (χ2v) is 7.58. The Kier molecular flexibility index (Phi) is 4.66. The van der Waals surface area contributed by atoms with Crippen LogP contribution in [-0.2, 0) is 6.42 Å². The van der Waals surface area contributed by atoms with Crippen LogP contribution in [0.3, 0.4) is 0 Å². The summed E-state index contributed by atoms with van der Waals surface area (Å²) in [6.45, 7) is 4.56. The Morgan fingerprint density at radius 2 is 1.85 bits per heavy atom. The van der Waals surface area contributed by atoms with E-state index in [2.05, 4.69) is 37.3 Å². The van der Waals surface area contributed by atoms with Crippen LogP contribution in [-0.4, -0.2) is 22.4 Å². The molecule has 136 valence electrons. The molecule has 1 aliphatic rings. The van der Waals surface area contributed by atoms with Crippen molar-refractivity contribution in [1.29, 1.82) is 0 Å². The molecule has 1 aromatic heterocycles. The number of carbonyl (C=O) groups is 1. The summed E-state index contributed by atoms with van der Waals surface area (Å²) in [4.78, 5) is 23.7. The van der Waals surface area contributed by atoms with Crippen LogP contribution in [0.2, 0.25) is 0 Å². The van der Waals surface area contributed by atoms with Gasteiger partial charge in [-0.05, 0) is 68.3 Å². The van der Waals surface area contributed by atoms with Crippen LogP contribution in [0, 0.1) is 13.8 Å². The van der Waals surface area contributed by atoms with Crippen molar-refractivity contribution >= 4 is 39.2 Å². The lowest BCUT2D eigenvalue weighted by Crippen LogP contribution is -2.28. The molecule has 0 bridgehead atoms. The van der Waals surface area contributed by atoms with Crippen molar-refractivity contribution in [2.75, 3.05) is 16.8 Å². The number of anilines is 3. The summed E-state index contributed by atoms with van der Waals surface area (Å²) >= 11 is 3.49. The molecule has 0 spiro atoms. The van der Waals surface area contributed by atoms with Gasteiger partial charge in [-0.25, -0.2) is 9.97 Å². The first-order valence-electron chi connectivity index (χ1n) is 8.79. The molecule has 2 heterocycles. The Labute approximate surface area is 166 Å². The molecular formula is C21H19BrN4O. The molecule has 0 radical (unpaired) electrons. The first kappa shape index (κ1) is 17.7. The van der Waals surface area contributed by atoms with E-state index in [0.717, 1.165) is 33.7 Å². The molecule has 6 heteroatoms. The van der Waals surface area contributed by atoms with Crippen molar-refractivity contribution in [2.24, 2.45) is 0 Å². The van der Waals surface area contributed by atoms with Crippen molar-refractivity contribution in [1.82, 2.24) is 9.97 Å². The van der Waals surface area contributed by atoms with Gasteiger partial charge in [-0.2, -0.15) is 0 Å². The normalized spacial score (nSPS) is 12.8. The molecule has 27 heavy (non-hydrogen) atoms. The van der Waals surface area contributed by atoms with E-state index in [1.807, 2.05) is 61.2 Å². The average Bonchev–Trinajstić information content (AvgIpc) is 3.03. The average molecular weight is 423 g/mol. The third-order valence-corrected chi connectivity index (χ3v) is 5.02. The maximum atomic E-state index is 13.1. The zero-order chi connectivity index (χ0) is 19.0. The van der Waals surface area contributed by atoms with Gasteiger partial charge in [0.05, 0.1) is 0 Å². The fourth-order valence-corrected chi connectivity index (χ4v) is 3.79. The molecule has 1 aliphatic heterocycles. The Hall–Kier alpha value is -2.73. The van der Waals surface area contributed by atoms with E-state index < -0.39 is 0 Å². The number of hydrogen-bond acceptors (Lipinski definition) is 4. The number of nitrogens with one attached hydrogen (secondary N) is 1. The Bertz CT molecular complexity index is 1010. The Balaban J connectivity index is 1.59. The van der Waals surface area contributed by atoms with E-state index in [1.165, 1.54) is 5.56 Å². The van der Waals surface area contributed by atoms with Crippen molar-refractivity contribution in [3.8, 4) is 0 Å². The second-order valence-electron chi connectivity index (χ2n) is 6.66. The lowest BCUT2D eigenvalue weighted by molar-refractivity contribution is 0.0989. The van der Waals surface area contributed by atoms with Crippen LogP contribution in [0.5, 0.6) is 0 Å². The van der Waals surface area contributed by atoms with Gasteiger partial charge in [0.2, 0.25) is 5.95 Å². The smallest absolute Gasteiger partial charge is 0.258 e. The standard InChI is InChI=1S/C21H19BrN4O/c1-13-10-14(2)24-21(23-13)25-18-5-3-4-16(12-18)20(27)26-9-8-15-11-17(22)6-7-19(15)26/h3-7,10-12H,8-9H2,1-2H3,(H,23,24,25). The molecule has 0 fully saturated rings. The van der Waals surface area contributed by atoms with E-state index in [4.69, 9.17) is 0 Å². The van der Waals surface area contributed by atoms with E-state index in [1.54, 1.807) is 0 Å².